The molecule has 23 heavy (non-hydrogen) atoms. The summed E-state index contributed by atoms with van der Waals surface area (Å²) in [5.74, 6) is -0.0955. The van der Waals surface area contributed by atoms with Crippen molar-refractivity contribution in [2.75, 3.05) is 19.1 Å². The van der Waals surface area contributed by atoms with Gasteiger partial charge < -0.3 is 20.5 Å². The number of amides is 1. The summed E-state index contributed by atoms with van der Waals surface area (Å²) >= 11 is 5.90. The Labute approximate surface area is 140 Å². The largest absolute Gasteiger partial charge is 0.497 e. The number of nitrogens with two attached hydrogens (primary N) is 1. The van der Waals surface area contributed by atoms with Crippen LogP contribution in [0.4, 0.5) is 5.69 Å². The Hall–Kier alpha value is -2.24. The number of carbonyl (C=O) groups is 1. The van der Waals surface area contributed by atoms with E-state index in [1.807, 2.05) is 12.1 Å². The van der Waals surface area contributed by atoms with Crippen LogP contribution in [0.3, 0.4) is 0 Å². The number of methoxy groups -OCH3 is 1. The first kappa shape index (κ1) is 17.1. The minimum atomic E-state index is -1.36. The number of hydrogen-bond donors (Lipinski definition) is 2. The molecule has 0 spiro atoms. The summed E-state index contributed by atoms with van der Waals surface area (Å²) in [4.78, 5) is 13.3. The molecule has 0 radical (unpaired) electrons. The predicted octanol–water partition coefficient (Wildman–Crippen LogP) is 2.37. The predicted molar refractivity (Wildman–Crippen MR) is 90.8 cm³/mol. The molecule has 122 valence electrons. The zero-order valence-electron chi connectivity index (χ0n) is 12.9. The van der Waals surface area contributed by atoms with Gasteiger partial charge in [-0.15, -0.1) is 0 Å². The van der Waals surface area contributed by atoms with Gasteiger partial charge in [-0.1, -0.05) is 23.7 Å². The second-order valence-corrected chi connectivity index (χ2v) is 5.59. The van der Waals surface area contributed by atoms with Gasteiger partial charge in [0.05, 0.1) is 13.2 Å². The SMILES string of the molecule is COc1ccc(C(C(O)C(N)=O)N(C)c2ccc(Cl)cc2)cc1. The van der Waals surface area contributed by atoms with Crippen molar-refractivity contribution in [3.63, 3.8) is 0 Å². The smallest absolute Gasteiger partial charge is 0.248 e. The lowest BCUT2D eigenvalue weighted by molar-refractivity contribution is -0.127. The van der Waals surface area contributed by atoms with Crippen LogP contribution in [0.1, 0.15) is 11.6 Å². The molecule has 0 aliphatic rings. The molecule has 3 N–H and O–H groups in total. The first-order valence-corrected chi connectivity index (χ1v) is 7.41. The Bertz CT molecular complexity index is 659. The monoisotopic (exact) mass is 334 g/mol. The number of halogens is 1. The molecule has 0 aliphatic heterocycles. The molecule has 6 heteroatoms. The van der Waals surface area contributed by atoms with Gasteiger partial charge in [-0.3, -0.25) is 4.79 Å². The van der Waals surface area contributed by atoms with Gasteiger partial charge in [-0.25, -0.2) is 0 Å². The highest BCUT2D eigenvalue weighted by molar-refractivity contribution is 6.30. The Morgan fingerprint density at radius 2 is 1.74 bits per heavy atom. The van der Waals surface area contributed by atoms with E-state index in [4.69, 9.17) is 22.1 Å². The number of nitrogens with zero attached hydrogens (tertiary/aromatic N) is 1. The summed E-state index contributed by atoms with van der Waals surface area (Å²) in [7, 11) is 3.36. The molecule has 0 aliphatic carbocycles. The average molecular weight is 335 g/mol. The number of aliphatic hydroxyl groups excluding tert-OH is 1. The Morgan fingerprint density at radius 1 is 1.17 bits per heavy atom. The van der Waals surface area contributed by atoms with Crippen molar-refractivity contribution in [2.24, 2.45) is 5.73 Å². The van der Waals surface area contributed by atoms with Gasteiger partial charge in [0.1, 0.15) is 5.75 Å². The van der Waals surface area contributed by atoms with Crippen molar-refractivity contribution in [1.82, 2.24) is 0 Å². The van der Waals surface area contributed by atoms with Crippen LogP contribution >= 0.6 is 11.6 Å². The lowest BCUT2D eigenvalue weighted by atomic mass is 9.98. The van der Waals surface area contributed by atoms with Crippen LogP contribution in [-0.2, 0) is 4.79 Å². The molecule has 2 aromatic carbocycles. The number of hydrogen-bond acceptors (Lipinski definition) is 4. The molecule has 5 nitrogen and oxygen atoms in total. The molecule has 1 amide bonds. The third-order valence-electron chi connectivity index (χ3n) is 3.70. The van der Waals surface area contributed by atoms with Crippen molar-refractivity contribution in [2.45, 2.75) is 12.1 Å². The van der Waals surface area contributed by atoms with Gasteiger partial charge in [-0.05, 0) is 42.0 Å². The molecule has 2 atom stereocenters. The molecule has 0 heterocycles. The highest BCUT2D eigenvalue weighted by atomic mass is 35.5. The van der Waals surface area contributed by atoms with Gasteiger partial charge in [-0.2, -0.15) is 0 Å². The number of primary amides is 1. The second kappa shape index (κ2) is 7.35. The van der Waals surface area contributed by atoms with E-state index < -0.39 is 18.1 Å². The van der Waals surface area contributed by atoms with E-state index in [2.05, 4.69) is 0 Å². The van der Waals surface area contributed by atoms with Gasteiger partial charge in [0.25, 0.3) is 0 Å². The molecule has 0 bridgehead atoms. The van der Waals surface area contributed by atoms with Crippen molar-refractivity contribution in [3.8, 4) is 5.75 Å². The highest BCUT2D eigenvalue weighted by Crippen LogP contribution is 2.30. The molecule has 2 rings (SSSR count). The molecule has 0 saturated heterocycles. The molecular weight excluding hydrogens is 316 g/mol. The van der Waals surface area contributed by atoms with Crippen LogP contribution in [0, 0.1) is 0 Å². The number of ether oxygens (including phenoxy) is 1. The topological polar surface area (TPSA) is 75.8 Å². The normalized spacial score (nSPS) is 13.2. The summed E-state index contributed by atoms with van der Waals surface area (Å²) < 4.78 is 5.13. The molecule has 0 saturated carbocycles. The lowest BCUT2D eigenvalue weighted by Crippen LogP contribution is -2.42. The molecule has 2 aromatic rings. The summed E-state index contributed by atoms with van der Waals surface area (Å²) in [6, 6.07) is 13.6. The molecule has 0 aromatic heterocycles. The van der Waals surface area contributed by atoms with Crippen LogP contribution in [-0.4, -0.2) is 31.3 Å². The minimum absolute atomic E-state index is 0.610. The molecule has 2 unspecified atom stereocenters. The summed E-state index contributed by atoms with van der Waals surface area (Å²) in [5.41, 5.74) is 6.86. The van der Waals surface area contributed by atoms with Crippen LogP contribution < -0.4 is 15.4 Å². The van der Waals surface area contributed by atoms with E-state index in [-0.39, 0.29) is 0 Å². The third kappa shape index (κ3) is 3.94. The Balaban J connectivity index is 2.40. The maximum Gasteiger partial charge on any atom is 0.248 e. The Morgan fingerprint density at radius 3 is 2.22 bits per heavy atom. The number of anilines is 1. The van der Waals surface area contributed by atoms with Crippen LogP contribution in [0.25, 0.3) is 0 Å². The third-order valence-corrected chi connectivity index (χ3v) is 3.95. The number of carbonyl (C=O) groups excluding carboxylic acids is 1. The quantitative estimate of drug-likeness (QED) is 0.850. The zero-order valence-corrected chi connectivity index (χ0v) is 13.7. The zero-order chi connectivity index (χ0) is 17.0. The van der Waals surface area contributed by atoms with Gasteiger partial charge in [0.15, 0.2) is 6.10 Å². The maximum absolute atomic E-state index is 11.5. The highest BCUT2D eigenvalue weighted by Gasteiger charge is 2.29. The van der Waals surface area contributed by atoms with E-state index in [0.717, 1.165) is 11.3 Å². The number of aliphatic hydroxyl groups is 1. The first-order chi connectivity index (χ1) is 10.9. The fourth-order valence-electron chi connectivity index (χ4n) is 2.41. The first-order valence-electron chi connectivity index (χ1n) is 7.03. The second-order valence-electron chi connectivity index (χ2n) is 5.15. The van der Waals surface area contributed by atoms with E-state index in [9.17, 15) is 9.90 Å². The van der Waals surface area contributed by atoms with E-state index >= 15 is 0 Å². The van der Waals surface area contributed by atoms with E-state index in [0.29, 0.717) is 10.8 Å². The lowest BCUT2D eigenvalue weighted by Gasteiger charge is -2.33. The van der Waals surface area contributed by atoms with Crippen molar-refractivity contribution >= 4 is 23.2 Å². The van der Waals surface area contributed by atoms with Crippen molar-refractivity contribution in [1.29, 1.82) is 0 Å². The van der Waals surface area contributed by atoms with Crippen molar-refractivity contribution < 1.29 is 14.6 Å². The van der Waals surface area contributed by atoms with E-state index in [1.54, 1.807) is 55.5 Å². The summed E-state index contributed by atoms with van der Waals surface area (Å²) in [5, 5.41) is 10.9. The van der Waals surface area contributed by atoms with Gasteiger partial charge in [0.2, 0.25) is 5.91 Å². The standard InChI is InChI=1S/C17H19ClN2O3/c1-20(13-7-5-12(18)6-8-13)15(16(21)17(19)22)11-3-9-14(23-2)10-4-11/h3-10,15-16,21H,1-2H3,(H2,19,22). The van der Waals surface area contributed by atoms with Crippen LogP contribution in [0.15, 0.2) is 48.5 Å². The van der Waals surface area contributed by atoms with E-state index in [1.165, 1.54) is 0 Å². The summed E-state index contributed by atoms with van der Waals surface area (Å²) in [6.45, 7) is 0. The number of rotatable bonds is 6. The van der Waals surface area contributed by atoms with Gasteiger partial charge >= 0.3 is 0 Å². The fraction of sp³-hybridized carbons (Fsp3) is 0.235. The van der Waals surface area contributed by atoms with Crippen molar-refractivity contribution in [3.05, 3.63) is 59.1 Å². The number of benzene rings is 2. The van der Waals surface area contributed by atoms with Crippen LogP contribution in [0.2, 0.25) is 5.02 Å². The Kier molecular flexibility index (Phi) is 5.47. The van der Waals surface area contributed by atoms with Crippen LogP contribution in [0.5, 0.6) is 5.75 Å². The number of likely N-dealkylation sites (N-methyl/N-ethyl adjacent to an activating group) is 1. The minimum Gasteiger partial charge on any atom is -0.497 e. The molecule has 0 fully saturated rings. The van der Waals surface area contributed by atoms with Gasteiger partial charge in [0, 0.05) is 17.8 Å². The fourth-order valence-corrected chi connectivity index (χ4v) is 2.54. The molecular formula is C17H19ClN2O3. The summed E-state index contributed by atoms with van der Waals surface area (Å²) in [6.07, 6.45) is -1.36. The average Bonchev–Trinajstić information content (AvgIpc) is 2.56. The maximum atomic E-state index is 11.5.